The lowest BCUT2D eigenvalue weighted by molar-refractivity contribution is -0.135. The molecule has 0 saturated carbocycles. The van der Waals surface area contributed by atoms with E-state index in [2.05, 4.69) is 0 Å². The predicted molar refractivity (Wildman–Crippen MR) is 132 cm³/mol. The molecule has 3 aromatic carbocycles. The summed E-state index contributed by atoms with van der Waals surface area (Å²) in [5, 5.41) is 0.464. The van der Waals surface area contributed by atoms with Gasteiger partial charge in [0.05, 0.1) is 22.6 Å². The van der Waals surface area contributed by atoms with Crippen LogP contribution in [0.15, 0.2) is 83.7 Å². The van der Waals surface area contributed by atoms with Gasteiger partial charge in [0.2, 0.25) is 5.91 Å². The van der Waals surface area contributed by atoms with Crippen LogP contribution in [-0.2, 0) is 11.3 Å². The van der Waals surface area contributed by atoms with Crippen LogP contribution in [0.5, 0.6) is 0 Å². The van der Waals surface area contributed by atoms with Crippen LogP contribution in [-0.4, -0.2) is 20.4 Å². The van der Waals surface area contributed by atoms with Gasteiger partial charge in [0.1, 0.15) is 11.6 Å². The zero-order valence-electron chi connectivity index (χ0n) is 19.6. The third kappa shape index (κ3) is 4.91. The molecule has 34 heavy (non-hydrogen) atoms. The Kier molecular flexibility index (Phi) is 6.87. The van der Waals surface area contributed by atoms with Crippen molar-refractivity contribution in [2.75, 3.05) is 0 Å². The lowest BCUT2D eigenvalue weighted by Crippen LogP contribution is -2.37. The number of fused-ring (bicyclic) bond motifs is 1. The summed E-state index contributed by atoms with van der Waals surface area (Å²) < 4.78 is 15.2. The molecule has 174 valence electrons. The monoisotopic (exact) mass is 457 g/mol. The minimum Gasteiger partial charge on any atom is -0.328 e. The van der Waals surface area contributed by atoms with Crippen LogP contribution in [0.1, 0.15) is 44.6 Å². The predicted octanol–water partition coefficient (Wildman–Crippen LogP) is 5.66. The molecule has 0 aliphatic carbocycles. The standard InChI is InChI=1S/C28H28FN3O2/c1-19(2)17-26(33)31(18-21-9-5-4-6-10-21)20(3)27-30-25-12-8-7-11-24(25)28(34)32(27)23-15-13-22(29)14-16-23/h4-16,19-20H,17-18H2,1-3H3. The van der Waals surface area contributed by atoms with E-state index in [0.717, 1.165) is 5.56 Å². The van der Waals surface area contributed by atoms with Gasteiger partial charge < -0.3 is 4.90 Å². The van der Waals surface area contributed by atoms with Gasteiger partial charge in [0.25, 0.3) is 5.56 Å². The Labute approximate surface area is 198 Å². The van der Waals surface area contributed by atoms with Gasteiger partial charge in [-0.2, -0.15) is 0 Å². The van der Waals surface area contributed by atoms with Crippen molar-refractivity contribution in [1.29, 1.82) is 0 Å². The smallest absolute Gasteiger partial charge is 0.266 e. The number of aromatic nitrogens is 2. The molecule has 4 aromatic rings. The largest absolute Gasteiger partial charge is 0.328 e. The number of hydrogen-bond donors (Lipinski definition) is 0. The van der Waals surface area contributed by atoms with E-state index >= 15 is 0 Å². The number of halogens is 1. The van der Waals surface area contributed by atoms with Crippen molar-refractivity contribution < 1.29 is 9.18 Å². The van der Waals surface area contributed by atoms with E-state index < -0.39 is 11.9 Å². The van der Waals surface area contributed by atoms with Crippen molar-refractivity contribution in [3.63, 3.8) is 0 Å². The second-order valence-corrected chi connectivity index (χ2v) is 8.89. The molecule has 6 heteroatoms. The average Bonchev–Trinajstić information content (AvgIpc) is 2.83. The zero-order valence-corrected chi connectivity index (χ0v) is 19.6. The van der Waals surface area contributed by atoms with Crippen molar-refractivity contribution in [2.45, 2.75) is 39.8 Å². The molecule has 5 nitrogen and oxygen atoms in total. The highest BCUT2D eigenvalue weighted by molar-refractivity contribution is 5.79. The first-order chi connectivity index (χ1) is 16.3. The Bertz CT molecular complexity index is 1350. The van der Waals surface area contributed by atoms with Crippen LogP contribution in [0.4, 0.5) is 4.39 Å². The number of hydrogen-bond acceptors (Lipinski definition) is 3. The molecule has 0 fully saturated rings. The Morgan fingerprint density at radius 3 is 2.26 bits per heavy atom. The van der Waals surface area contributed by atoms with Crippen LogP contribution >= 0.6 is 0 Å². The van der Waals surface area contributed by atoms with E-state index in [1.54, 1.807) is 35.2 Å². The quantitative estimate of drug-likeness (QED) is 0.360. The third-order valence-electron chi connectivity index (χ3n) is 5.83. The van der Waals surface area contributed by atoms with Crippen molar-refractivity contribution in [3.05, 3.63) is 106 Å². The number of carbonyl (C=O) groups is 1. The number of para-hydroxylation sites is 1. The van der Waals surface area contributed by atoms with Crippen molar-refractivity contribution >= 4 is 16.8 Å². The maximum Gasteiger partial charge on any atom is 0.266 e. The Morgan fingerprint density at radius 1 is 0.941 bits per heavy atom. The first-order valence-corrected chi connectivity index (χ1v) is 11.5. The highest BCUT2D eigenvalue weighted by Gasteiger charge is 2.27. The van der Waals surface area contributed by atoms with Gasteiger partial charge in [0, 0.05) is 13.0 Å². The van der Waals surface area contributed by atoms with E-state index in [0.29, 0.717) is 35.4 Å². The summed E-state index contributed by atoms with van der Waals surface area (Å²) in [5.74, 6) is 0.211. The fourth-order valence-corrected chi connectivity index (χ4v) is 4.10. The lowest BCUT2D eigenvalue weighted by Gasteiger charge is -2.31. The van der Waals surface area contributed by atoms with E-state index in [1.807, 2.05) is 57.2 Å². The Hall–Kier alpha value is -3.80. The summed E-state index contributed by atoms with van der Waals surface area (Å²) in [6.07, 6.45) is 0.380. The lowest BCUT2D eigenvalue weighted by atomic mass is 10.1. The molecule has 0 bridgehead atoms. The minimum atomic E-state index is -0.506. The average molecular weight is 458 g/mol. The second kappa shape index (κ2) is 10.00. The van der Waals surface area contributed by atoms with Crippen molar-refractivity contribution in [2.24, 2.45) is 5.92 Å². The molecule has 0 aliphatic heterocycles. The fourth-order valence-electron chi connectivity index (χ4n) is 4.10. The maximum absolute atomic E-state index is 13.7. The topological polar surface area (TPSA) is 55.2 Å². The van der Waals surface area contributed by atoms with Crippen molar-refractivity contribution in [3.8, 4) is 5.69 Å². The van der Waals surface area contributed by atoms with E-state index in [1.165, 1.54) is 16.7 Å². The fraction of sp³-hybridized carbons (Fsp3) is 0.250. The highest BCUT2D eigenvalue weighted by atomic mass is 19.1. The molecule has 1 atom stereocenters. The molecule has 1 amide bonds. The molecule has 1 unspecified atom stereocenters. The molecular weight excluding hydrogens is 429 g/mol. The zero-order chi connectivity index (χ0) is 24.2. The van der Waals surface area contributed by atoms with E-state index in [9.17, 15) is 14.0 Å². The van der Waals surface area contributed by atoms with Gasteiger partial charge in [-0.25, -0.2) is 9.37 Å². The van der Waals surface area contributed by atoms with Gasteiger partial charge in [-0.3, -0.25) is 14.2 Å². The molecule has 0 saturated heterocycles. The van der Waals surface area contributed by atoms with E-state index in [-0.39, 0.29) is 17.4 Å². The maximum atomic E-state index is 13.7. The van der Waals surface area contributed by atoms with Crippen LogP contribution in [0, 0.1) is 11.7 Å². The number of rotatable bonds is 7. The molecule has 0 spiro atoms. The first kappa shape index (κ1) is 23.4. The van der Waals surface area contributed by atoms with Crippen LogP contribution in [0.25, 0.3) is 16.6 Å². The molecule has 1 heterocycles. The van der Waals surface area contributed by atoms with Crippen LogP contribution < -0.4 is 5.56 Å². The summed E-state index contributed by atoms with van der Waals surface area (Å²) in [4.78, 5) is 33.6. The van der Waals surface area contributed by atoms with E-state index in [4.69, 9.17) is 4.98 Å². The summed E-state index contributed by atoms with van der Waals surface area (Å²) in [7, 11) is 0. The van der Waals surface area contributed by atoms with Gasteiger partial charge in [-0.05, 0) is 54.8 Å². The SMILES string of the molecule is CC(C)CC(=O)N(Cc1ccccc1)C(C)c1nc2ccccc2c(=O)n1-c1ccc(F)cc1. The van der Waals surface area contributed by atoms with Crippen molar-refractivity contribution in [1.82, 2.24) is 14.5 Å². The van der Waals surface area contributed by atoms with Gasteiger partial charge in [-0.15, -0.1) is 0 Å². The van der Waals surface area contributed by atoms with Crippen LogP contribution in [0.2, 0.25) is 0 Å². The summed E-state index contributed by atoms with van der Waals surface area (Å²) in [6, 6.07) is 22.1. The molecule has 1 aromatic heterocycles. The third-order valence-corrected chi connectivity index (χ3v) is 5.83. The molecule has 0 aliphatic rings. The summed E-state index contributed by atoms with van der Waals surface area (Å²) >= 11 is 0. The number of carbonyl (C=O) groups excluding carboxylic acids is 1. The minimum absolute atomic E-state index is 0.0144. The molecule has 4 rings (SSSR count). The van der Waals surface area contributed by atoms with Crippen LogP contribution in [0.3, 0.4) is 0 Å². The highest BCUT2D eigenvalue weighted by Crippen LogP contribution is 2.26. The molecular formula is C28H28FN3O2. The Morgan fingerprint density at radius 2 is 1.59 bits per heavy atom. The number of amides is 1. The van der Waals surface area contributed by atoms with Gasteiger partial charge >= 0.3 is 0 Å². The number of benzene rings is 3. The Balaban J connectivity index is 1.89. The summed E-state index contributed by atoms with van der Waals surface area (Å²) in [5.41, 5.74) is 1.80. The second-order valence-electron chi connectivity index (χ2n) is 8.89. The molecule has 0 N–H and O–H groups in total. The summed E-state index contributed by atoms with van der Waals surface area (Å²) in [6.45, 7) is 6.29. The van der Waals surface area contributed by atoms with Gasteiger partial charge in [0.15, 0.2) is 0 Å². The number of nitrogens with zero attached hydrogens (tertiary/aromatic N) is 3. The normalized spacial score (nSPS) is 12.1. The molecule has 0 radical (unpaired) electrons. The van der Waals surface area contributed by atoms with Gasteiger partial charge in [-0.1, -0.05) is 56.3 Å². The first-order valence-electron chi connectivity index (χ1n) is 11.5.